The van der Waals surface area contributed by atoms with E-state index in [4.69, 9.17) is 0 Å². The molecule has 3 heterocycles. The molecule has 0 saturated carbocycles. The van der Waals surface area contributed by atoms with E-state index in [1.165, 1.54) is 60.6 Å². The van der Waals surface area contributed by atoms with Crippen LogP contribution in [0.25, 0.3) is 27.5 Å². The molecule has 30 heavy (non-hydrogen) atoms. The van der Waals surface area contributed by atoms with Gasteiger partial charge in [0.1, 0.15) is 0 Å². The molecule has 0 unspecified atom stereocenters. The van der Waals surface area contributed by atoms with E-state index in [1.807, 2.05) is 0 Å². The average molecular weight is 383 g/mol. The van der Waals surface area contributed by atoms with Gasteiger partial charge in [0.2, 0.25) is 6.71 Å². The van der Waals surface area contributed by atoms with E-state index in [9.17, 15) is 0 Å². The zero-order valence-electron chi connectivity index (χ0n) is 17.5. The summed E-state index contributed by atoms with van der Waals surface area (Å²) in [5.74, 6) is 0. The van der Waals surface area contributed by atoms with Crippen LogP contribution in [0.4, 0.5) is 0 Å². The highest BCUT2D eigenvalue weighted by Gasteiger charge is 2.44. The molecule has 0 saturated heterocycles. The molecule has 0 atom stereocenters. The van der Waals surface area contributed by atoms with Gasteiger partial charge in [0.05, 0.1) is 5.52 Å². The SMILES string of the molecule is Cc1ccc2c3cccc4c3n(c2c1)-c1cccc2c1B4c1ccccc1C2(C)C. The Labute approximate surface area is 177 Å². The molecule has 1 aromatic heterocycles. The molecule has 0 fully saturated rings. The lowest BCUT2D eigenvalue weighted by atomic mass is 9.30. The van der Waals surface area contributed by atoms with Gasteiger partial charge >= 0.3 is 0 Å². The lowest BCUT2D eigenvalue weighted by Gasteiger charge is -2.41. The van der Waals surface area contributed by atoms with E-state index in [0.717, 1.165) is 0 Å². The predicted molar refractivity (Wildman–Crippen MR) is 129 cm³/mol. The fraction of sp³-hybridized carbons (Fsp3) is 0.143. The molecule has 7 rings (SSSR count). The number of fused-ring (bicyclic) bond motifs is 7. The molecular formula is C28H22BN. The highest BCUT2D eigenvalue weighted by molar-refractivity contribution is 6.99. The Morgan fingerprint density at radius 2 is 1.50 bits per heavy atom. The van der Waals surface area contributed by atoms with Crippen LogP contribution in [-0.4, -0.2) is 11.3 Å². The van der Waals surface area contributed by atoms with Gasteiger partial charge in [-0.05, 0) is 46.7 Å². The van der Waals surface area contributed by atoms with Gasteiger partial charge in [0, 0.05) is 27.4 Å². The number of hydrogen-bond donors (Lipinski definition) is 0. The van der Waals surface area contributed by atoms with E-state index in [1.54, 1.807) is 0 Å². The van der Waals surface area contributed by atoms with Gasteiger partial charge in [0.15, 0.2) is 0 Å². The fourth-order valence-electron chi connectivity index (χ4n) is 6.22. The standard InChI is InChI=1S/C28H22BN/c1-17-14-15-18-19-8-6-12-23-27(19)30(25(18)16-17)24-13-7-10-21-26(24)29(23)22-11-5-4-9-20(22)28(21,2)3/h4-16H,1-3H3. The van der Waals surface area contributed by atoms with Crippen molar-refractivity contribution in [3.05, 3.63) is 95.6 Å². The van der Waals surface area contributed by atoms with E-state index in [-0.39, 0.29) is 5.41 Å². The van der Waals surface area contributed by atoms with Crippen LogP contribution in [0.15, 0.2) is 78.9 Å². The maximum Gasteiger partial charge on any atom is 0.247 e. The first-order valence-electron chi connectivity index (χ1n) is 10.8. The molecular weight excluding hydrogens is 361 g/mol. The van der Waals surface area contributed by atoms with E-state index >= 15 is 0 Å². The minimum atomic E-state index is -0.0112. The van der Waals surface area contributed by atoms with Crippen molar-refractivity contribution in [1.29, 1.82) is 0 Å². The summed E-state index contributed by atoms with van der Waals surface area (Å²) in [4.78, 5) is 0. The van der Waals surface area contributed by atoms with Crippen LogP contribution in [0.2, 0.25) is 0 Å². The summed E-state index contributed by atoms with van der Waals surface area (Å²) in [5, 5.41) is 2.71. The van der Waals surface area contributed by atoms with Gasteiger partial charge < -0.3 is 4.57 Å². The van der Waals surface area contributed by atoms with Crippen molar-refractivity contribution in [3.8, 4) is 5.69 Å². The summed E-state index contributed by atoms with van der Waals surface area (Å²) in [6.07, 6.45) is 0. The Morgan fingerprint density at radius 1 is 0.733 bits per heavy atom. The zero-order chi connectivity index (χ0) is 20.2. The molecule has 2 aliphatic rings. The summed E-state index contributed by atoms with van der Waals surface area (Å²) in [5.41, 5.74) is 12.6. The van der Waals surface area contributed by atoms with Crippen LogP contribution >= 0.6 is 0 Å². The molecule has 2 heteroatoms. The molecule has 1 nitrogen and oxygen atoms in total. The summed E-state index contributed by atoms with van der Waals surface area (Å²) in [6.45, 7) is 7.25. The van der Waals surface area contributed by atoms with Crippen molar-refractivity contribution in [1.82, 2.24) is 4.57 Å². The lowest BCUT2D eigenvalue weighted by Crippen LogP contribution is -2.63. The van der Waals surface area contributed by atoms with Gasteiger partial charge in [0.25, 0.3) is 0 Å². The molecule has 0 amide bonds. The molecule has 2 aliphatic heterocycles. The first-order valence-corrected chi connectivity index (χ1v) is 10.8. The first-order chi connectivity index (χ1) is 14.6. The largest absolute Gasteiger partial charge is 0.310 e. The molecule has 0 radical (unpaired) electrons. The monoisotopic (exact) mass is 383 g/mol. The minimum Gasteiger partial charge on any atom is -0.310 e. The third-order valence-corrected chi connectivity index (χ3v) is 7.52. The number of hydrogen-bond acceptors (Lipinski definition) is 0. The highest BCUT2D eigenvalue weighted by Crippen LogP contribution is 2.39. The van der Waals surface area contributed by atoms with Crippen molar-refractivity contribution < 1.29 is 0 Å². The summed E-state index contributed by atoms with van der Waals surface area (Å²) < 4.78 is 2.53. The second kappa shape index (κ2) is 5.26. The maximum absolute atomic E-state index is 2.53. The van der Waals surface area contributed by atoms with Crippen LogP contribution in [-0.2, 0) is 5.41 Å². The molecule has 0 bridgehead atoms. The molecule has 0 aliphatic carbocycles. The number of para-hydroxylation sites is 1. The Hall–Kier alpha value is -3.26. The Morgan fingerprint density at radius 3 is 2.40 bits per heavy atom. The van der Waals surface area contributed by atoms with Crippen molar-refractivity contribution in [2.24, 2.45) is 0 Å². The van der Waals surface area contributed by atoms with Crippen molar-refractivity contribution in [2.75, 3.05) is 0 Å². The Bertz CT molecular complexity index is 1540. The van der Waals surface area contributed by atoms with Gasteiger partial charge in [-0.3, -0.25) is 0 Å². The number of aryl methyl sites for hydroxylation is 1. The Balaban J connectivity index is 1.76. The summed E-state index contributed by atoms with van der Waals surface area (Å²) >= 11 is 0. The quantitative estimate of drug-likeness (QED) is 0.339. The fourth-order valence-corrected chi connectivity index (χ4v) is 6.22. The van der Waals surface area contributed by atoms with Crippen molar-refractivity contribution >= 4 is 44.9 Å². The molecule has 0 spiro atoms. The first kappa shape index (κ1) is 16.5. The molecule has 142 valence electrons. The average Bonchev–Trinajstić information content (AvgIpc) is 3.08. The third kappa shape index (κ3) is 1.77. The smallest absolute Gasteiger partial charge is 0.247 e. The highest BCUT2D eigenvalue weighted by atomic mass is 15.0. The third-order valence-electron chi connectivity index (χ3n) is 7.52. The summed E-state index contributed by atoms with van der Waals surface area (Å²) in [7, 11) is 0. The second-order valence-corrected chi connectivity index (χ2v) is 9.48. The van der Waals surface area contributed by atoms with Gasteiger partial charge in [-0.1, -0.05) is 86.0 Å². The topological polar surface area (TPSA) is 4.93 Å². The molecule has 4 aromatic carbocycles. The predicted octanol–water partition coefficient (Wildman–Crippen LogP) is 4.56. The normalized spacial score (nSPS) is 15.4. The molecule has 0 N–H and O–H groups in total. The lowest BCUT2D eigenvalue weighted by molar-refractivity contribution is 0.645. The second-order valence-electron chi connectivity index (χ2n) is 9.48. The van der Waals surface area contributed by atoms with Crippen LogP contribution in [0.1, 0.15) is 30.5 Å². The van der Waals surface area contributed by atoms with Crippen LogP contribution in [0.5, 0.6) is 0 Å². The van der Waals surface area contributed by atoms with Crippen LogP contribution in [0, 0.1) is 6.92 Å². The summed E-state index contributed by atoms with van der Waals surface area (Å²) in [6, 6.07) is 29.8. The maximum atomic E-state index is 2.53. The van der Waals surface area contributed by atoms with Gasteiger partial charge in [-0.15, -0.1) is 0 Å². The zero-order valence-corrected chi connectivity index (χ0v) is 17.5. The van der Waals surface area contributed by atoms with Gasteiger partial charge in [-0.25, -0.2) is 0 Å². The van der Waals surface area contributed by atoms with Crippen LogP contribution < -0.4 is 16.4 Å². The van der Waals surface area contributed by atoms with Gasteiger partial charge in [-0.2, -0.15) is 0 Å². The number of benzene rings is 4. The number of nitrogens with zero attached hydrogens (tertiary/aromatic N) is 1. The van der Waals surface area contributed by atoms with E-state index < -0.39 is 0 Å². The Kier molecular flexibility index (Phi) is 2.90. The molecule has 5 aromatic rings. The van der Waals surface area contributed by atoms with Crippen molar-refractivity contribution in [2.45, 2.75) is 26.2 Å². The van der Waals surface area contributed by atoms with Crippen LogP contribution in [0.3, 0.4) is 0 Å². The number of aromatic nitrogens is 1. The van der Waals surface area contributed by atoms with Crippen molar-refractivity contribution in [3.63, 3.8) is 0 Å². The number of rotatable bonds is 0. The minimum absolute atomic E-state index is 0.0112. The van der Waals surface area contributed by atoms with E-state index in [0.29, 0.717) is 6.71 Å². The van der Waals surface area contributed by atoms with E-state index in [2.05, 4.69) is 104 Å².